The van der Waals surface area contributed by atoms with E-state index in [0.717, 1.165) is 49.8 Å². The van der Waals surface area contributed by atoms with Gasteiger partial charge in [-0.2, -0.15) is 0 Å². The lowest BCUT2D eigenvalue weighted by Crippen LogP contribution is -2.50. The molecule has 1 saturated heterocycles. The maximum absolute atomic E-state index is 12.2. The number of benzene rings is 2. The molecule has 1 aliphatic rings. The zero-order valence-electron chi connectivity index (χ0n) is 16.5. The Bertz CT molecular complexity index is 731. The highest BCUT2D eigenvalue weighted by atomic mass is 16.5. The first-order valence-corrected chi connectivity index (χ1v) is 9.75. The van der Waals surface area contributed by atoms with Crippen molar-refractivity contribution in [2.24, 2.45) is 0 Å². The summed E-state index contributed by atoms with van der Waals surface area (Å²) in [5.74, 6) is 1.77. The van der Waals surface area contributed by atoms with Gasteiger partial charge < -0.3 is 14.8 Å². The minimum absolute atomic E-state index is 0.0590. The summed E-state index contributed by atoms with van der Waals surface area (Å²) in [5, 5.41) is 2.99. The fraction of sp³-hybridized carbons (Fsp3) is 0.409. The number of hydrogen-bond acceptors (Lipinski definition) is 5. The van der Waals surface area contributed by atoms with Crippen LogP contribution < -0.4 is 14.8 Å². The van der Waals surface area contributed by atoms with Crippen molar-refractivity contribution in [1.29, 1.82) is 0 Å². The first kappa shape index (κ1) is 20.2. The molecule has 1 aliphatic heterocycles. The Hall–Kier alpha value is -2.57. The number of para-hydroxylation sites is 1. The summed E-state index contributed by atoms with van der Waals surface area (Å²) < 4.78 is 11.0. The minimum atomic E-state index is 0.0590. The van der Waals surface area contributed by atoms with Crippen molar-refractivity contribution in [3.05, 3.63) is 60.2 Å². The van der Waals surface area contributed by atoms with Crippen LogP contribution in [0.5, 0.6) is 11.5 Å². The Balaban J connectivity index is 1.30. The number of ether oxygens (including phenoxy) is 2. The van der Waals surface area contributed by atoms with Crippen LogP contribution in [-0.2, 0) is 11.3 Å². The molecule has 28 heavy (non-hydrogen) atoms. The van der Waals surface area contributed by atoms with E-state index < -0.39 is 0 Å². The van der Waals surface area contributed by atoms with Gasteiger partial charge in [0.1, 0.15) is 18.1 Å². The van der Waals surface area contributed by atoms with Crippen molar-refractivity contribution in [3.63, 3.8) is 0 Å². The van der Waals surface area contributed by atoms with Crippen LogP contribution in [0.15, 0.2) is 54.6 Å². The number of nitrogens with one attached hydrogen (secondary N) is 1. The molecule has 1 N–H and O–H groups in total. The summed E-state index contributed by atoms with van der Waals surface area (Å²) in [6, 6.07) is 17.6. The number of rotatable bonds is 9. The van der Waals surface area contributed by atoms with E-state index in [1.54, 1.807) is 7.11 Å². The van der Waals surface area contributed by atoms with Crippen LogP contribution in [0.2, 0.25) is 0 Å². The Morgan fingerprint density at radius 1 is 0.964 bits per heavy atom. The summed E-state index contributed by atoms with van der Waals surface area (Å²) in [6.45, 7) is 6.28. The lowest BCUT2D eigenvalue weighted by molar-refractivity contribution is -0.122. The van der Waals surface area contributed by atoms with Gasteiger partial charge in [-0.3, -0.25) is 14.6 Å². The summed E-state index contributed by atoms with van der Waals surface area (Å²) in [7, 11) is 1.64. The molecule has 2 aromatic carbocycles. The molecule has 0 aromatic heterocycles. The van der Waals surface area contributed by atoms with Crippen LogP contribution in [0.4, 0.5) is 0 Å². The van der Waals surface area contributed by atoms with E-state index in [4.69, 9.17) is 9.47 Å². The van der Waals surface area contributed by atoms with Crippen LogP contribution in [-0.4, -0.2) is 68.7 Å². The molecular weight excluding hydrogens is 354 g/mol. The van der Waals surface area contributed by atoms with Gasteiger partial charge in [-0.15, -0.1) is 0 Å². The second-order valence-corrected chi connectivity index (χ2v) is 6.91. The predicted molar refractivity (Wildman–Crippen MR) is 110 cm³/mol. The number of carbonyl (C=O) groups is 1. The van der Waals surface area contributed by atoms with Crippen LogP contribution in [0.3, 0.4) is 0 Å². The van der Waals surface area contributed by atoms with Crippen molar-refractivity contribution < 1.29 is 14.3 Å². The van der Waals surface area contributed by atoms with Crippen LogP contribution in [0, 0.1) is 0 Å². The van der Waals surface area contributed by atoms with Crippen molar-refractivity contribution in [2.75, 3.05) is 53.0 Å². The molecule has 0 radical (unpaired) electrons. The van der Waals surface area contributed by atoms with Gasteiger partial charge in [0, 0.05) is 39.3 Å². The Labute approximate surface area is 167 Å². The highest BCUT2D eigenvalue weighted by Gasteiger charge is 2.18. The minimum Gasteiger partial charge on any atom is -0.497 e. The maximum Gasteiger partial charge on any atom is 0.234 e. The average molecular weight is 383 g/mol. The highest BCUT2D eigenvalue weighted by molar-refractivity contribution is 5.78. The normalized spacial score (nSPS) is 15.2. The Morgan fingerprint density at radius 3 is 2.43 bits per heavy atom. The van der Waals surface area contributed by atoms with Gasteiger partial charge in [0.2, 0.25) is 5.91 Å². The lowest BCUT2D eigenvalue weighted by atomic mass is 10.2. The van der Waals surface area contributed by atoms with Crippen molar-refractivity contribution in [1.82, 2.24) is 15.1 Å². The predicted octanol–water partition coefficient (Wildman–Crippen LogP) is 2.01. The van der Waals surface area contributed by atoms with Crippen molar-refractivity contribution in [2.45, 2.75) is 6.54 Å². The third-order valence-electron chi connectivity index (χ3n) is 4.88. The fourth-order valence-electron chi connectivity index (χ4n) is 3.22. The van der Waals surface area contributed by atoms with E-state index in [0.29, 0.717) is 19.7 Å². The Kier molecular flexibility index (Phi) is 7.70. The largest absolute Gasteiger partial charge is 0.497 e. The molecule has 1 fully saturated rings. The fourth-order valence-corrected chi connectivity index (χ4v) is 3.22. The molecule has 6 heteroatoms. The van der Waals surface area contributed by atoms with Crippen LogP contribution >= 0.6 is 0 Å². The molecule has 0 atom stereocenters. The van der Waals surface area contributed by atoms with Gasteiger partial charge in [-0.05, 0) is 29.8 Å². The first-order chi connectivity index (χ1) is 13.7. The van der Waals surface area contributed by atoms with E-state index in [-0.39, 0.29) is 5.91 Å². The van der Waals surface area contributed by atoms with Crippen molar-refractivity contribution >= 4 is 5.91 Å². The lowest BCUT2D eigenvalue weighted by Gasteiger charge is -2.34. The molecule has 0 saturated carbocycles. The topological polar surface area (TPSA) is 54.0 Å². The highest BCUT2D eigenvalue weighted by Crippen LogP contribution is 2.12. The van der Waals surface area contributed by atoms with Gasteiger partial charge in [-0.25, -0.2) is 0 Å². The summed E-state index contributed by atoms with van der Waals surface area (Å²) in [6.07, 6.45) is 0. The molecule has 0 aliphatic carbocycles. The van der Waals surface area contributed by atoms with Gasteiger partial charge in [0.25, 0.3) is 0 Å². The maximum atomic E-state index is 12.2. The number of nitrogens with zero attached hydrogens (tertiary/aromatic N) is 2. The smallest absolute Gasteiger partial charge is 0.234 e. The quantitative estimate of drug-likeness (QED) is 0.718. The van der Waals surface area contributed by atoms with Gasteiger partial charge in [-0.1, -0.05) is 30.3 Å². The number of carbonyl (C=O) groups excluding carboxylic acids is 1. The number of methoxy groups -OCH3 is 1. The third kappa shape index (κ3) is 6.55. The van der Waals surface area contributed by atoms with Gasteiger partial charge in [0.15, 0.2) is 0 Å². The first-order valence-electron chi connectivity index (χ1n) is 9.75. The molecule has 2 aromatic rings. The molecule has 150 valence electrons. The summed E-state index contributed by atoms with van der Waals surface area (Å²) in [4.78, 5) is 16.8. The van der Waals surface area contributed by atoms with E-state index in [9.17, 15) is 4.79 Å². The Morgan fingerprint density at radius 2 is 1.68 bits per heavy atom. The number of amides is 1. The second-order valence-electron chi connectivity index (χ2n) is 6.91. The number of hydrogen-bond donors (Lipinski definition) is 1. The van der Waals surface area contributed by atoms with Gasteiger partial charge >= 0.3 is 0 Å². The molecule has 1 heterocycles. The van der Waals surface area contributed by atoms with Crippen LogP contribution in [0.25, 0.3) is 0 Å². The number of piperazine rings is 1. The molecule has 0 spiro atoms. The average Bonchev–Trinajstić information content (AvgIpc) is 2.74. The summed E-state index contributed by atoms with van der Waals surface area (Å²) >= 11 is 0. The monoisotopic (exact) mass is 383 g/mol. The van der Waals surface area contributed by atoms with E-state index >= 15 is 0 Å². The van der Waals surface area contributed by atoms with E-state index in [1.807, 2.05) is 54.6 Å². The van der Waals surface area contributed by atoms with Crippen molar-refractivity contribution in [3.8, 4) is 11.5 Å². The standard InChI is InChI=1S/C22H29N3O3/c1-27-21-9-5-6-19(16-21)17-23-22(26)18-25-12-10-24(11-13-25)14-15-28-20-7-3-2-4-8-20/h2-9,16H,10-15,17-18H2,1H3,(H,23,26). The molecule has 1 amide bonds. The van der Waals surface area contributed by atoms with E-state index in [1.165, 1.54) is 0 Å². The third-order valence-corrected chi connectivity index (χ3v) is 4.88. The molecule has 0 bridgehead atoms. The summed E-state index contributed by atoms with van der Waals surface area (Å²) in [5.41, 5.74) is 1.04. The zero-order valence-corrected chi connectivity index (χ0v) is 16.5. The van der Waals surface area contributed by atoms with Crippen LogP contribution in [0.1, 0.15) is 5.56 Å². The molecule has 6 nitrogen and oxygen atoms in total. The molecule has 0 unspecified atom stereocenters. The molecular formula is C22H29N3O3. The van der Waals surface area contributed by atoms with Gasteiger partial charge in [0.05, 0.1) is 13.7 Å². The SMILES string of the molecule is COc1cccc(CNC(=O)CN2CCN(CCOc3ccccc3)CC2)c1. The zero-order chi connectivity index (χ0) is 19.6. The van der Waals surface area contributed by atoms with E-state index in [2.05, 4.69) is 15.1 Å². The molecule has 3 rings (SSSR count). The second kappa shape index (κ2) is 10.7.